The summed E-state index contributed by atoms with van der Waals surface area (Å²) in [7, 11) is -3.62. The van der Waals surface area contributed by atoms with Crippen LogP contribution in [0.15, 0.2) is 29.2 Å². The summed E-state index contributed by atoms with van der Waals surface area (Å²) in [5.41, 5.74) is 6.04. The second-order valence-electron chi connectivity index (χ2n) is 5.03. The normalized spacial score (nSPS) is 20.1. The molecule has 0 aliphatic carbocycles. The van der Waals surface area contributed by atoms with Gasteiger partial charge in [-0.1, -0.05) is 6.07 Å². The molecule has 0 spiro atoms. The molecule has 1 heterocycles. The number of carbonyl (C=O) groups excluding carboxylic acids is 1. The van der Waals surface area contributed by atoms with Gasteiger partial charge in [0.15, 0.2) is 0 Å². The van der Waals surface area contributed by atoms with Crippen molar-refractivity contribution in [1.82, 2.24) is 4.31 Å². The predicted octanol–water partition coefficient (Wildman–Crippen LogP) is 1.23. The topological polar surface area (TPSA) is 89.7 Å². The maximum atomic E-state index is 12.6. The van der Waals surface area contributed by atoms with Gasteiger partial charge in [0, 0.05) is 18.8 Å². The van der Waals surface area contributed by atoms with Gasteiger partial charge >= 0.3 is 5.97 Å². The smallest absolute Gasteiger partial charge is 0.310 e. The zero-order valence-electron chi connectivity index (χ0n) is 12.0. The Morgan fingerprint density at radius 2 is 2.24 bits per heavy atom. The Morgan fingerprint density at radius 1 is 1.48 bits per heavy atom. The Hall–Kier alpha value is -1.60. The summed E-state index contributed by atoms with van der Waals surface area (Å²) < 4.78 is 31.5. The highest BCUT2D eigenvalue weighted by atomic mass is 32.2. The Kier molecular flexibility index (Phi) is 4.84. The Labute approximate surface area is 124 Å². The largest absolute Gasteiger partial charge is 0.466 e. The van der Waals surface area contributed by atoms with Gasteiger partial charge in [0.1, 0.15) is 0 Å². The van der Waals surface area contributed by atoms with Crippen molar-refractivity contribution >= 4 is 21.7 Å². The number of nitrogen functional groups attached to an aromatic ring is 1. The summed E-state index contributed by atoms with van der Waals surface area (Å²) in [6, 6.07) is 6.19. The highest BCUT2D eigenvalue weighted by molar-refractivity contribution is 7.89. The number of ether oxygens (including phenoxy) is 1. The number of rotatable bonds is 4. The van der Waals surface area contributed by atoms with Crippen LogP contribution >= 0.6 is 0 Å². The highest BCUT2D eigenvalue weighted by Gasteiger charge is 2.33. The van der Waals surface area contributed by atoms with E-state index < -0.39 is 15.9 Å². The standard InChI is InChI=1S/C14H20N2O4S/c1-2-20-14(17)11-5-4-8-16(10-11)21(18,19)13-7-3-6-12(15)9-13/h3,6-7,9,11H,2,4-5,8,10,15H2,1H3. The van der Waals surface area contributed by atoms with E-state index in [0.717, 1.165) is 0 Å². The fraction of sp³-hybridized carbons (Fsp3) is 0.500. The third-order valence-corrected chi connectivity index (χ3v) is 5.36. The molecule has 2 rings (SSSR count). The van der Waals surface area contributed by atoms with Crippen LogP contribution in [-0.2, 0) is 19.6 Å². The van der Waals surface area contributed by atoms with E-state index in [1.807, 2.05) is 0 Å². The second kappa shape index (κ2) is 6.44. The Morgan fingerprint density at radius 3 is 2.90 bits per heavy atom. The minimum Gasteiger partial charge on any atom is -0.466 e. The van der Waals surface area contributed by atoms with Crippen LogP contribution in [0.4, 0.5) is 5.69 Å². The summed E-state index contributed by atoms with van der Waals surface area (Å²) in [5.74, 6) is -0.723. The highest BCUT2D eigenvalue weighted by Crippen LogP contribution is 2.25. The molecule has 6 nitrogen and oxygen atoms in total. The number of piperidine rings is 1. The van der Waals surface area contributed by atoms with Gasteiger partial charge in [0.25, 0.3) is 0 Å². The van der Waals surface area contributed by atoms with E-state index in [4.69, 9.17) is 10.5 Å². The molecule has 1 saturated heterocycles. The molecule has 21 heavy (non-hydrogen) atoms. The fourth-order valence-electron chi connectivity index (χ4n) is 2.44. The number of benzene rings is 1. The molecule has 1 aliphatic heterocycles. The van der Waals surface area contributed by atoms with Crippen LogP contribution in [0.1, 0.15) is 19.8 Å². The number of hydrogen-bond acceptors (Lipinski definition) is 5. The van der Waals surface area contributed by atoms with Gasteiger partial charge in [-0.15, -0.1) is 0 Å². The molecule has 1 unspecified atom stereocenters. The average Bonchev–Trinajstić information content (AvgIpc) is 2.47. The molecule has 7 heteroatoms. The molecule has 1 aromatic carbocycles. The van der Waals surface area contributed by atoms with Crippen molar-refractivity contribution in [3.8, 4) is 0 Å². The number of nitrogens with zero attached hydrogens (tertiary/aromatic N) is 1. The molecule has 0 amide bonds. The molecule has 0 bridgehead atoms. The number of hydrogen-bond donors (Lipinski definition) is 1. The number of nitrogens with two attached hydrogens (primary N) is 1. The van der Waals surface area contributed by atoms with E-state index in [1.54, 1.807) is 19.1 Å². The van der Waals surface area contributed by atoms with E-state index >= 15 is 0 Å². The zero-order valence-corrected chi connectivity index (χ0v) is 12.8. The van der Waals surface area contributed by atoms with Crippen molar-refractivity contribution < 1.29 is 17.9 Å². The van der Waals surface area contributed by atoms with Gasteiger partial charge in [0.2, 0.25) is 10.0 Å². The first kappa shape index (κ1) is 15.8. The first-order chi connectivity index (χ1) is 9.95. The summed E-state index contributed by atoms with van der Waals surface area (Å²) in [5, 5.41) is 0. The summed E-state index contributed by atoms with van der Waals surface area (Å²) in [6.45, 7) is 2.61. The van der Waals surface area contributed by atoms with Crippen LogP contribution in [0.2, 0.25) is 0 Å². The summed E-state index contributed by atoms with van der Waals surface area (Å²) >= 11 is 0. The van der Waals surface area contributed by atoms with Crippen molar-refractivity contribution in [2.24, 2.45) is 5.92 Å². The maximum absolute atomic E-state index is 12.6. The molecule has 1 atom stereocenters. The first-order valence-electron chi connectivity index (χ1n) is 6.97. The molecule has 1 aromatic rings. The van der Waals surface area contributed by atoms with Crippen molar-refractivity contribution in [1.29, 1.82) is 0 Å². The van der Waals surface area contributed by atoms with Crippen LogP contribution in [0, 0.1) is 5.92 Å². The van der Waals surface area contributed by atoms with Crippen LogP contribution in [0.25, 0.3) is 0 Å². The number of carbonyl (C=O) groups is 1. The molecule has 2 N–H and O–H groups in total. The van der Waals surface area contributed by atoms with Gasteiger partial charge in [-0.3, -0.25) is 4.79 Å². The Balaban J connectivity index is 2.18. The van der Waals surface area contributed by atoms with Crippen molar-refractivity contribution in [3.05, 3.63) is 24.3 Å². The molecule has 0 aromatic heterocycles. The van der Waals surface area contributed by atoms with Crippen LogP contribution in [0.3, 0.4) is 0 Å². The van der Waals surface area contributed by atoms with Crippen molar-refractivity contribution in [3.63, 3.8) is 0 Å². The maximum Gasteiger partial charge on any atom is 0.310 e. The predicted molar refractivity (Wildman–Crippen MR) is 79.0 cm³/mol. The molecular formula is C14H20N2O4S. The lowest BCUT2D eigenvalue weighted by molar-refractivity contribution is -0.149. The van der Waals surface area contributed by atoms with E-state index in [-0.39, 0.29) is 17.4 Å². The van der Waals surface area contributed by atoms with Gasteiger partial charge in [-0.25, -0.2) is 8.42 Å². The molecular weight excluding hydrogens is 292 g/mol. The quantitative estimate of drug-likeness (QED) is 0.667. The molecule has 116 valence electrons. The van der Waals surface area contributed by atoms with Gasteiger partial charge in [-0.2, -0.15) is 4.31 Å². The summed E-state index contributed by atoms with van der Waals surface area (Å²) in [4.78, 5) is 12.0. The van der Waals surface area contributed by atoms with Gasteiger partial charge in [-0.05, 0) is 38.0 Å². The number of esters is 1. The van der Waals surface area contributed by atoms with Crippen LogP contribution in [0.5, 0.6) is 0 Å². The van der Waals surface area contributed by atoms with Crippen LogP contribution in [-0.4, -0.2) is 38.4 Å². The van der Waals surface area contributed by atoms with Gasteiger partial charge in [0.05, 0.1) is 17.4 Å². The van der Waals surface area contributed by atoms with Crippen molar-refractivity contribution in [2.75, 3.05) is 25.4 Å². The van der Waals surface area contributed by atoms with Gasteiger partial charge < -0.3 is 10.5 Å². The van der Waals surface area contributed by atoms with E-state index in [0.29, 0.717) is 31.7 Å². The lowest BCUT2D eigenvalue weighted by Gasteiger charge is -2.30. The minimum absolute atomic E-state index is 0.159. The molecule has 1 fully saturated rings. The SMILES string of the molecule is CCOC(=O)C1CCCN(S(=O)(=O)c2cccc(N)c2)C1. The van der Waals surface area contributed by atoms with E-state index in [9.17, 15) is 13.2 Å². The molecule has 1 aliphatic rings. The van der Waals surface area contributed by atoms with Crippen LogP contribution < -0.4 is 5.73 Å². The third kappa shape index (κ3) is 3.54. The first-order valence-corrected chi connectivity index (χ1v) is 8.41. The zero-order chi connectivity index (χ0) is 15.5. The lowest BCUT2D eigenvalue weighted by Crippen LogP contribution is -2.42. The van der Waals surface area contributed by atoms with E-state index in [2.05, 4.69) is 0 Å². The number of sulfonamides is 1. The minimum atomic E-state index is -3.62. The van der Waals surface area contributed by atoms with Crippen molar-refractivity contribution in [2.45, 2.75) is 24.7 Å². The molecule has 0 radical (unpaired) electrons. The summed E-state index contributed by atoms with van der Waals surface area (Å²) in [6.07, 6.45) is 1.30. The molecule has 0 saturated carbocycles. The second-order valence-corrected chi connectivity index (χ2v) is 6.96. The Bertz CT molecular complexity index is 615. The average molecular weight is 312 g/mol. The van der Waals surface area contributed by atoms with E-state index in [1.165, 1.54) is 16.4 Å². The lowest BCUT2D eigenvalue weighted by atomic mass is 10.0. The fourth-order valence-corrected chi connectivity index (χ4v) is 4.02. The monoisotopic (exact) mass is 312 g/mol. The number of anilines is 1. The third-order valence-electron chi connectivity index (χ3n) is 3.50.